The second-order valence-electron chi connectivity index (χ2n) is 3.62. The predicted octanol–water partition coefficient (Wildman–Crippen LogP) is 0.349. The second-order valence-corrected chi connectivity index (χ2v) is 6.18. The Bertz CT molecular complexity index is 315. The fourth-order valence-electron chi connectivity index (χ4n) is 1.18. The number of thiocarbonyl (C=S) groups is 1. The van der Waals surface area contributed by atoms with E-state index in [-0.39, 0.29) is 29.9 Å². The SMILES string of the molecule is CCOCCS(=O)(=O)N(CC(N)=S)C(C)C. The molecule has 0 aliphatic rings. The van der Waals surface area contributed by atoms with Crippen LogP contribution < -0.4 is 5.73 Å². The molecule has 0 aliphatic heterocycles. The molecular formula is C9H20N2O3S2. The van der Waals surface area contributed by atoms with Gasteiger partial charge in [0.05, 0.1) is 23.9 Å². The Hall–Kier alpha value is -0.240. The molecule has 0 aliphatic carbocycles. The smallest absolute Gasteiger partial charge is 0.216 e. The summed E-state index contributed by atoms with van der Waals surface area (Å²) in [5.41, 5.74) is 5.38. The van der Waals surface area contributed by atoms with Crippen molar-refractivity contribution in [3.05, 3.63) is 0 Å². The number of sulfonamides is 1. The Morgan fingerprint density at radius 3 is 2.44 bits per heavy atom. The first-order chi connectivity index (χ1) is 7.31. The van der Waals surface area contributed by atoms with E-state index in [9.17, 15) is 8.42 Å². The lowest BCUT2D eigenvalue weighted by molar-refractivity contribution is 0.162. The van der Waals surface area contributed by atoms with Crippen LogP contribution in [0.5, 0.6) is 0 Å². The molecule has 0 saturated carbocycles. The van der Waals surface area contributed by atoms with Gasteiger partial charge in [0.1, 0.15) is 0 Å². The van der Waals surface area contributed by atoms with E-state index >= 15 is 0 Å². The molecule has 0 bridgehead atoms. The number of rotatable bonds is 8. The van der Waals surface area contributed by atoms with Gasteiger partial charge in [-0.3, -0.25) is 0 Å². The first-order valence-corrected chi connectivity index (χ1v) is 7.18. The zero-order valence-electron chi connectivity index (χ0n) is 9.97. The van der Waals surface area contributed by atoms with E-state index in [1.807, 2.05) is 6.92 Å². The number of nitrogens with two attached hydrogens (primary N) is 1. The van der Waals surface area contributed by atoms with E-state index in [2.05, 4.69) is 0 Å². The van der Waals surface area contributed by atoms with Gasteiger partial charge in [0.15, 0.2) is 0 Å². The van der Waals surface area contributed by atoms with E-state index in [0.717, 1.165) is 0 Å². The predicted molar refractivity (Wildman–Crippen MR) is 68.9 cm³/mol. The average molecular weight is 268 g/mol. The second kappa shape index (κ2) is 7.16. The monoisotopic (exact) mass is 268 g/mol. The molecule has 0 aromatic carbocycles. The standard InChI is InChI=1S/C9H20N2O3S2/c1-4-14-5-6-16(12,13)11(8(2)3)7-9(10)15/h8H,4-7H2,1-3H3,(H2,10,15). The molecule has 0 saturated heterocycles. The van der Waals surface area contributed by atoms with Crippen LogP contribution in [-0.4, -0.2) is 49.3 Å². The molecule has 0 spiro atoms. The van der Waals surface area contributed by atoms with Crippen molar-refractivity contribution in [3.8, 4) is 0 Å². The van der Waals surface area contributed by atoms with Crippen molar-refractivity contribution in [2.24, 2.45) is 5.73 Å². The van der Waals surface area contributed by atoms with Crippen LogP contribution in [0.2, 0.25) is 0 Å². The van der Waals surface area contributed by atoms with Crippen molar-refractivity contribution in [1.82, 2.24) is 4.31 Å². The molecular weight excluding hydrogens is 248 g/mol. The summed E-state index contributed by atoms with van der Waals surface area (Å²) in [7, 11) is -3.35. The minimum atomic E-state index is -3.35. The number of nitrogens with zero attached hydrogens (tertiary/aromatic N) is 1. The van der Waals surface area contributed by atoms with Gasteiger partial charge in [-0.05, 0) is 20.8 Å². The van der Waals surface area contributed by atoms with Crippen LogP contribution in [0, 0.1) is 0 Å². The number of hydrogen-bond donors (Lipinski definition) is 1. The van der Waals surface area contributed by atoms with E-state index in [1.165, 1.54) is 4.31 Å². The zero-order valence-corrected chi connectivity index (χ0v) is 11.6. The quantitative estimate of drug-likeness (QED) is 0.508. The van der Waals surface area contributed by atoms with E-state index in [1.54, 1.807) is 13.8 Å². The van der Waals surface area contributed by atoms with Gasteiger partial charge >= 0.3 is 0 Å². The Morgan fingerprint density at radius 2 is 2.06 bits per heavy atom. The van der Waals surface area contributed by atoms with Crippen molar-refractivity contribution in [3.63, 3.8) is 0 Å². The molecule has 0 radical (unpaired) electrons. The third-order valence-corrected chi connectivity index (χ3v) is 4.01. The number of hydrogen-bond acceptors (Lipinski definition) is 4. The third-order valence-electron chi connectivity index (χ3n) is 1.93. The summed E-state index contributed by atoms with van der Waals surface area (Å²) in [6.07, 6.45) is 0. The molecule has 0 atom stereocenters. The van der Waals surface area contributed by atoms with E-state index < -0.39 is 10.0 Å². The van der Waals surface area contributed by atoms with Crippen molar-refractivity contribution in [1.29, 1.82) is 0 Å². The van der Waals surface area contributed by atoms with E-state index in [4.69, 9.17) is 22.7 Å². The first kappa shape index (κ1) is 15.8. The van der Waals surface area contributed by atoms with Gasteiger partial charge in [-0.25, -0.2) is 8.42 Å². The minimum Gasteiger partial charge on any atom is -0.392 e. The molecule has 2 N–H and O–H groups in total. The van der Waals surface area contributed by atoms with Crippen molar-refractivity contribution in [2.75, 3.05) is 25.5 Å². The zero-order chi connectivity index (χ0) is 12.8. The van der Waals surface area contributed by atoms with Crippen molar-refractivity contribution < 1.29 is 13.2 Å². The van der Waals surface area contributed by atoms with Gasteiger partial charge in [-0.1, -0.05) is 12.2 Å². The highest BCUT2D eigenvalue weighted by Gasteiger charge is 2.24. The van der Waals surface area contributed by atoms with Crippen LogP contribution in [0.1, 0.15) is 20.8 Å². The van der Waals surface area contributed by atoms with Crippen LogP contribution in [-0.2, 0) is 14.8 Å². The van der Waals surface area contributed by atoms with Crippen LogP contribution in [0.25, 0.3) is 0 Å². The Morgan fingerprint density at radius 1 is 1.50 bits per heavy atom. The maximum absolute atomic E-state index is 11.9. The molecule has 0 fully saturated rings. The first-order valence-electron chi connectivity index (χ1n) is 5.16. The van der Waals surface area contributed by atoms with Gasteiger partial charge in [0, 0.05) is 12.6 Å². The maximum Gasteiger partial charge on any atom is 0.216 e. The van der Waals surface area contributed by atoms with Crippen LogP contribution in [0.15, 0.2) is 0 Å². The molecule has 7 heteroatoms. The minimum absolute atomic E-state index is 0.0400. The van der Waals surface area contributed by atoms with Crippen LogP contribution in [0.4, 0.5) is 0 Å². The maximum atomic E-state index is 11.9. The average Bonchev–Trinajstić information content (AvgIpc) is 2.13. The molecule has 16 heavy (non-hydrogen) atoms. The van der Waals surface area contributed by atoms with E-state index in [0.29, 0.717) is 6.61 Å². The molecule has 0 aromatic rings. The lowest BCUT2D eigenvalue weighted by Gasteiger charge is -2.25. The molecule has 0 heterocycles. The Labute approximate surface area is 103 Å². The van der Waals surface area contributed by atoms with Gasteiger partial charge in [0.2, 0.25) is 10.0 Å². The Kier molecular flexibility index (Phi) is 7.05. The molecule has 5 nitrogen and oxygen atoms in total. The fraction of sp³-hybridized carbons (Fsp3) is 0.889. The summed E-state index contributed by atoms with van der Waals surface area (Å²) in [4.78, 5) is 0.175. The van der Waals surface area contributed by atoms with Crippen LogP contribution in [0.3, 0.4) is 0 Å². The van der Waals surface area contributed by atoms with Crippen LogP contribution >= 0.6 is 12.2 Å². The Balaban J connectivity index is 4.57. The van der Waals surface area contributed by atoms with Gasteiger partial charge in [-0.15, -0.1) is 0 Å². The van der Waals surface area contributed by atoms with Gasteiger partial charge < -0.3 is 10.5 Å². The topological polar surface area (TPSA) is 72.6 Å². The largest absolute Gasteiger partial charge is 0.392 e. The lowest BCUT2D eigenvalue weighted by Crippen LogP contribution is -2.43. The molecule has 0 unspecified atom stereocenters. The molecule has 0 aromatic heterocycles. The van der Waals surface area contributed by atoms with Gasteiger partial charge in [0.25, 0.3) is 0 Å². The molecule has 96 valence electrons. The summed E-state index contributed by atoms with van der Waals surface area (Å²) in [5.74, 6) is -0.0400. The van der Waals surface area contributed by atoms with Gasteiger partial charge in [-0.2, -0.15) is 4.31 Å². The highest BCUT2D eigenvalue weighted by atomic mass is 32.2. The normalized spacial score (nSPS) is 12.3. The number of ether oxygens (including phenoxy) is 1. The van der Waals surface area contributed by atoms with Crippen molar-refractivity contribution >= 4 is 27.2 Å². The summed E-state index contributed by atoms with van der Waals surface area (Å²) < 4.78 is 30.2. The third kappa shape index (κ3) is 5.74. The summed E-state index contributed by atoms with van der Waals surface area (Å²) >= 11 is 4.74. The molecule has 0 rings (SSSR count). The summed E-state index contributed by atoms with van der Waals surface area (Å²) in [6.45, 7) is 6.18. The highest BCUT2D eigenvalue weighted by Crippen LogP contribution is 2.07. The lowest BCUT2D eigenvalue weighted by atomic mass is 10.4. The summed E-state index contributed by atoms with van der Waals surface area (Å²) in [5, 5.41) is 0. The molecule has 0 amide bonds. The van der Waals surface area contributed by atoms with Crippen molar-refractivity contribution in [2.45, 2.75) is 26.8 Å². The summed E-state index contributed by atoms with van der Waals surface area (Å²) in [6, 6.07) is -0.159. The highest BCUT2D eigenvalue weighted by molar-refractivity contribution is 7.89. The fourth-order valence-corrected chi connectivity index (χ4v) is 2.94.